The van der Waals surface area contributed by atoms with Crippen molar-refractivity contribution in [2.75, 3.05) is 20.4 Å². The molecule has 0 saturated carbocycles. The lowest BCUT2D eigenvalue weighted by Crippen LogP contribution is -3.10. The van der Waals surface area contributed by atoms with Crippen molar-refractivity contribution in [3.05, 3.63) is 73.8 Å². The first-order valence-electron chi connectivity index (χ1n) is 10.8. The Morgan fingerprint density at radius 2 is 1.88 bits per heavy atom. The molecule has 0 saturated heterocycles. The summed E-state index contributed by atoms with van der Waals surface area (Å²) in [6, 6.07) is 11.2. The van der Waals surface area contributed by atoms with Crippen LogP contribution in [0.3, 0.4) is 0 Å². The first-order chi connectivity index (χ1) is 15.3. The van der Waals surface area contributed by atoms with Crippen LogP contribution in [0.5, 0.6) is 17.4 Å². The summed E-state index contributed by atoms with van der Waals surface area (Å²) in [5.41, 5.74) is 3.53. The molecule has 2 atom stereocenters. The first kappa shape index (κ1) is 20.8. The molecule has 32 heavy (non-hydrogen) atoms. The van der Waals surface area contributed by atoms with Gasteiger partial charge in [-0.1, -0.05) is 26.0 Å². The van der Waals surface area contributed by atoms with Gasteiger partial charge in [-0.05, 0) is 59.4 Å². The average Bonchev–Trinajstić information content (AvgIpc) is 3.21. The number of nitrogens with one attached hydrogen (secondary N) is 2. The van der Waals surface area contributed by atoms with E-state index in [0.29, 0.717) is 23.1 Å². The minimum absolute atomic E-state index is 0.0976. The average molecular weight is 452 g/mol. The fraction of sp³-hybridized carbons (Fsp3) is 0.333. The quantitative estimate of drug-likeness (QED) is 0.595. The maximum absolute atomic E-state index is 13.7. The molecule has 3 heterocycles. The van der Waals surface area contributed by atoms with E-state index in [1.165, 1.54) is 10.1 Å². The second-order valence-electron chi connectivity index (χ2n) is 8.74. The van der Waals surface area contributed by atoms with Crippen molar-refractivity contribution < 1.29 is 19.5 Å². The number of H-pyrrole nitrogens is 1. The van der Waals surface area contributed by atoms with Crippen LogP contribution in [0.25, 0.3) is 5.69 Å². The monoisotopic (exact) mass is 451 g/mol. The number of nitrogens with zero attached hydrogens (tertiary/aromatic N) is 1. The molecule has 1 aromatic heterocycles. The van der Waals surface area contributed by atoms with E-state index >= 15 is 0 Å². The summed E-state index contributed by atoms with van der Waals surface area (Å²) >= 11 is 5.39. The lowest BCUT2D eigenvalue weighted by molar-refractivity contribution is -0.908. The SMILES string of the molecule is CC(C)c1ccc(-n2c([O-])c(C3c4cc5c(cc4CC[NH+]3C)OCO5)c(=O)[nH]c2=S)cc1. The van der Waals surface area contributed by atoms with Crippen LogP contribution < -0.4 is 25.0 Å². The Bertz CT molecular complexity index is 1310. The lowest BCUT2D eigenvalue weighted by Gasteiger charge is -2.34. The summed E-state index contributed by atoms with van der Waals surface area (Å²) in [6.07, 6.45) is 0.830. The van der Waals surface area contributed by atoms with E-state index in [1.807, 2.05) is 43.4 Å². The second-order valence-corrected chi connectivity index (χ2v) is 9.13. The predicted octanol–water partition coefficient (Wildman–Crippen LogP) is 1.98. The van der Waals surface area contributed by atoms with Crippen LogP contribution in [0.2, 0.25) is 0 Å². The third kappa shape index (κ3) is 3.30. The molecule has 7 nitrogen and oxygen atoms in total. The summed E-state index contributed by atoms with van der Waals surface area (Å²) in [4.78, 5) is 16.9. The number of fused-ring (bicyclic) bond motifs is 2. The van der Waals surface area contributed by atoms with Gasteiger partial charge in [0.1, 0.15) is 6.04 Å². The fourth-order valence-corrected chi connectivity index (χ4v) is 4.94. The fourth-order valence-electron chi connectivity index (χ4n) is 4.66. The molecule has 0 bridgehead atoms. The molecule has 2 aliphatic heterocycles. The van der Waals surface area contributed by atoms with Gasteiger partial charge >= 0.3 is 0 Å². The number of aromatic amines is 1. The molecular weight excluding hydrogens is 426 g/mol. The standard InChI is InChI=1S/C24H25N3O4S/c1-13(2)14-4-6-16(7-5-14)27-23(29)20(22(28)25-24(27)32)21-17-11-19-18(30-12-31-19)10-15(17)8-9-26(21)3/h4-7,10-11,13,21,29H,8-9,12H2,1-3H3,(H,25,28,32). The van der Waals surface area contributed by atoms with Gasteiger partial charge in [0.2, 0.25) is 6.79 Å². The number of likely N-dealkylation sites (N-methyl/N-ethyl adjacent to an activating group) is 1. The van der Waals surface area contributed by atoms with Crippen LogP contribution in [-0.4, -0.2) is 29.9 Å². The second kappa shape index (κ2) is 7.79. The van der Waals surface area contributed by atoms with Gasteiger partial charge < -0.3 is 24.0 Å². The van der Waals surface area contributed by atoms with Gasteiger partial charge in [-0.2, -0.15) is 0 Å². The van der Waals surface area contributed by atoms with Crippen LogP contribution in [0.15, 0.2) is 41.2 Å². The van der Waals surface area contributed by atoms with Crippen molar-refractivity contribution in [1.29, 1.82) is 0 Å². The van der Waals surface area contributed by atoms with Gasteiger partial charge in [0.25, 0.3) is 5.56 Å². The van der Waals surface area contributed by atoms with Crippen LogP contribution in [-0.2, 0) is 6.42 Å². The van der Waals surface area contributed by atoms with Crippen molar-refractivity contribution in [3.63, 3.8) is 0 Å². The zero-order valence-corrected chi connectivity index (χ0v) is 19.0. The molecule has 0 radical (unpaired) electrons. The molecule has 166 valence electrons. The van der Waals surface area contributed by atoms with Crippen LogP contribution >= 0.6 is 12.2 Å². The summed E-state index contributed by atoms with van der Waals surface area (Å²) in [5, 5.41) is 13.7. The molecule has 8 heteroatoms. The van der Waals surface area contributed by atoms with Gasteiger partial charge in [0.05, 0.1) is 19.2 Å². The predicted molar refractivity (Wildman–Crippen MR) is 121 cm³/mol. The van der Waals surface area contributed by atoms with E-state index in [2.05, 4.69) is 18.8 Å². The number of ether oxygens (including phenoxy) is 2. The number of hydrogen-bond donors (Lipinski definition) is 2. The van der Waals surface area contributed by atoms with E-state index in [0.717, 1.165) is 29.0 Å². The lowest BCUT2D eigenvalue weighted by atomic mass is 9.88. The molecule has 2 unspecified atom stereocenters. The number of benzene rings is 2. The normalized spacial score (nSPS) is 19.2. The number of hydrogen-bond acceptors (Lipinski definition) is 5. The van der Waals surface area contributed by atoms with E-state index in [1.54, 1.807) is 0 Å². The Labute approximate surface area is 190 Å². The van der Waals surface area contributed by atoms with Crippen LogP contribution in [0.4, 0.5) is 0 Å². The molecule has 0 fully saturated rings. The van der Waals surface area contributed by atoms with Crippen molar-refractivity contribution >= 4 is 12.2 Å². The number of rotatable bonds is 3. The van der Waals surface area contributed by atoms with Gasteiger partial charge in [-0.15, -0.1) is 0 Å². The maximum atomic E-state index is 13.7. The molecule has 0 amide bonds. The molecular formula is C24H25N3O4S. The molecule has 0 spiro atoms. The Morgan fingerprint density at radius 3 is 2.56 bits per heavy atom. The van der Waals surface area contributed by atoms with Gasteiger partial charge in [-0.3, -0.25) is 9.78 Å². The minimum atomic E-state index is -0.440. The molecule has 2 aromatic carbocycles. The number of aromatic nitrogens is 2. The molecule has 5 rings (SSSR count). The van der Waals surface area contributed by atoms with Crippen LogP contribution in [0.1, 0.15) is 48.1 Å². The highest BCUT2D eigenvalue weighted by Crippen LogP contribution is 2.39. The highest BCUT2D eigenvalue weighted by Gasteiger charge is 2.35. The Hall–Kier alpha value is -3.10. The third-order valence-corrected chi connectivity index (χ3v) is 6.72. The summed E-state index contributed by atoms with van der Waals surface area (Å²) < 4.78 is 12.6. The largest absolute Gasteiger partial charge is 0.859 e. The Morgan fingerprint density at radius 1 is 1.19 bits per heavy atom. The zero-order chi connectivity index (χ0) is 22.6. The smallest absolute Gasteiger partial charge is 0.260 e. The van der Waals surface area contributed by atoms with Crippen molar-refractivity contribution in [3.8, 4) is 23.1 Å². The highest BCUT2D eigenvalue weighted by molar-refractivity contribution is 7.71. The number of quaternary nitrogens is 1. The van der Waals surface area contributed by atoms with Crippen molar-refractivity contribution in [2.45, 2.75) is 32.2 Å². The van der Waals surface area contributed by atoms with Gasteiger partial charge in [0, 0.05) is 17.7 Å². The first-order valence-corrected chi connectivity index (χ1v) is 11.2. The summed E-state index contributed by atoms with van der Waals surface area (Å²) in [7, 11) is 2.00. The maximum Gasteiger partial charge on any atom is 0.260 e. The molecule has 2 aliphatic rings. The summed E-state index contributed by atoms with van der Waals surface area (Å²) in [5.74, 6) is 1.34. The Balaban J connectivity index is 1.69. The summed E-state index contributed by atoms with van der Waals surface area (Å²) in [6.45, 7) is 5.19. The van der Waals surface area contributed by atoms with E-state index in [4.69, 9.17) is 21.7 Å². The molecule has 3 aromatic rings. The van der Waals surface area contributed by atoms with Crippen LogP contribution in [0, 0.1) is 4.77 Å². The molecule has 0 aliphatic carbocycles. The topological polar surface area (TPSA) is 83.8 Å². The minimum Gasteiger partial charge on any atom is -0.859 e. The van der Waals surface area contributed by atoms with E-state index in [9.17, 15) is 9.90 Å². The molecule has 2 N–H and O–H groups in total. The highest BCUT2D eigenvalue weighted by atomic mass is 32.1. The third-order valence-electron chi connectivity index (χ3n) is 6.44. The van der Waals surface area contributed by atoms with Gasteiger partial charge in [0.15, 0.2) is 16.3 Å². The zero-order valence-electron chi connectivity index (χ0n) is 18.2. The van der Waals surface area contributed by atoms with E-state index in [-0.39, 0.29) is 23.0 Å². The van der Waals surface area contributed by atoms with Gasteiger partial charge in [-0.25, -0.2) is 0 Å². The Kier molecular flexibility index (Phi) is 5.06. The van der Waals surface area contributed by atoms with Crippen molar-refractivity contribution in [1.82, 2.24) is 9.55 Å². The van der Waals surface area contributed by atoms with E-state index < -0.39 is 11.6 Å². The van der Waals surface area contributed by atoms with Crippen molar-refractivity contribution in [2.24, 2.45) is 0 Å².